The van der Waals surface area contributed by atoms with E-state index in [4.69, 9.17) is 0 Å². The van der Waals surface area contributed by atoms with Crippen LogP contribution < -0.4 is 5.32 Å². The molecular weight excluding hydrogens is 364 g/mol. The number of hydrogen-bond donors (Lipinski definition) is 1. The van der Waals surface area contributed by atoms with Crippen LogP contribution in [-0.2, 0) is 0 Å². The fourth-order valence-corrected chi connectivity index (χ4v) is 3.57. The molecule has 3 aromatic rings. The number of anilines is 2. The van der Waals surface area contributed by atoms with Gasteiger partial charge in [-0.25, -0.2) is 15.0 Å². The van der Waals surface area contributed by atoms with Crippen molar-refractivity contribution in [2.24, 2.45) is 0 Å². The van der Waals surface area contributed by atoms with Crippen LogP contribution >= 0.6 is 11.3 Å². The average molecular weight is 382 g/mol. The Morgan fingerprint density at radius 2 is 2.26 bits per heavy atom. The fraction of sp³-hybridized carbons (Fsp3) is 0.353. The number of aryl methyl sites for hydroxylation is 1. The van der Waals surface area contributed by atoms with Crippen LogP contribution in [0.1, 0.15) is 40.8 Å². The smallest absolute Gasteiger partial charge is 0.274 e. The van der Waals surface area contributed by atoms with Crippen LogP contribution in [0.5, 0.6) is 0 Å². The first kappa shape index (κ1) is 17.4. The topological polar surface area (TPSA) is 110 Å². The van der Waals surface area contributed by atoms with Gasteiger partial charge in [0.2, 0.25) is 5.13 Å². The summed E-state index contributed by atoms with van der Waals surface area (Å²) in [5.41, 5.74) is 2.89. The first-order chi connectivity index (χ1) is 13.2. The van der Waals surface area contributed by atoms with Gasteiger partial charge in [-0.1, -0.05) is 11.3 Å². The monoisotopic (exact) mass is 382 g/mol. The van der Waals surface area contributed by atoms with Crippen molar-refractivity contribution in [2.75, 3.05) is 18.4 Å². The van der Waals surface area contributed by atoms with Crippen LogP contribution in [0.4, 0.5) is 10.9 Å². The minimum atomic E-state index is -0.104. The van der Waals surface area contributed by atoms with Gasteiger partial charge in [-0.15, -0.1) is 10.2 Å². The summed E-state index contributed by atoms with van der Waals surface area (Å²) in [6.07, 6.45) is 6.42. The summed E-state index contributed by atoms with van der Waals surface area (Å²) < 4.78 is 0. The van der Waals surface area contributed by atoms with E-state index in [-0.39, 0.29) is 11.8 Å². The second-order valence-electron chi connectivity index (χ2n) is 6.30. The quantitative estimate of drug-likeness (QED) is 0.731. The molecule has 1 fully saturated rings. The maximum absolute atomic E-state index is 12.7. The standard InChI is InChI=1S/C17H18N8OS/c1-11-7-14(23-17-24-20-10-27-17)22-15(21-11)12-3-2-6-25(9-12)16(26)13-8-18-4-5-19-13/h4-5,7-8,10,12H,2-3,6,9H2,1H3,(H,21,22,23,24). The Morgan fingerprint density at radius 1 is 1.33 bits per heavy atom. The third-order valence-corrected chi connectivity index (χ3v) is 4.93. The Hall–Kier alpha value is -3.01. The number of amides is 1. The molecule has 0 radical (unpaired) electrons. The van der Waals surface area contributed by atoms with E-state index in [2.05, 4.69) is 35.5 Å². The van der Waals surface area contributed by atoms with Crippen molar-refractivity contribution in [3.05, 3.63) is 47.4 Å². The van der Waals surface area contributed by atoms with Gasteiger partial charge in [-0.05, 0) is 19.8 Å². The first-order valence-corrected chi connectivity index (χ1v) is 9.51. The molecule has 3 aromatic heterocycles. The molecule has 0 saturated carbocycles. The van der Waals surface area contributed by atoms with Crippen LogP contribution in [0.3, 0.4) is 0 Å². The first-order valence-electron chi connectivity index (χ1n) is 8.63. The molecule has 1 atom stereocenters. The predicted octanol–water partition coefficient (Wildman–Crippen LogP) is 2.19. The summed E-state index contributed by atoms with van der Waals surface area (Å²) in [6, 6.07) is 1.87. The highest BCUT2D eigenvalue weighted by molar-refractivity contribution is 7.13. The van der Waals surface area contributed by atoms with Crippen LogP contribution in [0, 0.1) is 6.92 Å². The molecule has 27 heavy (non-hydrogen) atoms. The molecule has 1 aliphatic rings. The number of carbonyl (C=O) groups excluding carboxylic acids is 1. The molecule has 1 N–H and O–H groups in total. The molecule has 0 aromatic carbocycles. The highest BCUT2D eigenvalue weighted by atomic mass is 32.1. The Morgan fingerprint density at radius 3 is 3.04 bits per heavy atom. The number of nitrogens with zero attached hydrogens (tertiary/aromatic N) is 7. The number of likely N-dealkylation sites (tertiary alicyclic amines) is 1. The lowest BCUT2D eigenvalue weighted by Gasteiger charge is -2.32. The van der Waals surface area contributed by atoms with Gasteiger partial charge in [0.1, 0.15) is 22.8 Å². The van der Waals surface area contributed by atoms with Crippen LogP contribution in [-0.4, -0.2) is 54.0 Å². The summed E-state index contributed by atoms with van der Waals surface area (Å²) in [5.74, 6) is 1.40. The van der Waals surface area contributed by atoms with E-state index in [1.807, 2.05) is 17.9 Å². The van der Waals surface area contributed by atoms with Gasteiger partial charge in [0, 0.05) is 43.2 Å². The van der Waals surface area contributed by atoms with Crippen LogP contribution in [0.2, 0.25) is 0 Å². The molecule has 4 heterocycles. The van der Waals surface area contributed by atoms with Gasteiger partial charge in [0.25, 0.3) is 5.91 Å². The SMILES string of the molecule is Cc1cc(Nc2nncs2)nc(C2CCCN(C(=O)c3cnccn3)C2)n1. The lowest BCUT2D eigenvalue weighted by Crippen LogP contribution is -2.40. The van der Waals surface area contributed by atoms with Crippen molar-refractivity contribution in [1.82, 2.24) is 35.0 Å². The minimum absolute atomic E-state index is 0.0780. The maximum atomic E-state index is 12.7. The molecule has 1 amide bonds. The van der Waals surface area contributed by atoms with Gasteiger partial charge in [0.05, 0.1) is 6.20 Å². The van der Waals surface area contributed by atoms with E-state index in [1.165, 1.54) is 23.7 Å². The zero-order valence-electron chi connectivity index (χ0n) is 14.7. The molecule has 0 bridgehead atoms. The molecule has 1 aliphatic heterocycles. The summed E-state index contributed by atoms with van der Waals surface area (Å²) >= 11 is 1.41. The largest absolute Gasteiger partial charge is 0.337 e. The highest BCUT2D eigenvalue weighted by Gasteiger charge is 2.28. The van der Waals surface area contributed by atoms with E-state index in [0.717, 1.165) is 24.4 Å². The third kappa shape index (κ3) is 4.05. The van der Waals surface area contributed by atoms with E-state index >= 15 is 0 Å². The second kappa shape index (κ2) is 7.70. The molecule has 0 spiro atoms. The Bertz CT molecular complexity index is 918. The summed E-state index contributed by atoms with van der Waals surface area (Å²) in [6.45, 7) is 3.20. The number of piperidine rings is 1. The van der Waals surface area contributed by atoms with Gasteiger partial charge < -0.3 is 10.2 Å². The van der Waals surface area contributed by atoms with Crippen molar-refractivity contribution in [3.8, 4) is 0 Å². The molecular formula is C17H18N8OS. The van der Waals surface area contributed by atoms with E-state index in [1.54, 1.807) is 11.7 Å². The number of rotatable bonds is 4. The Kier molecular flexibility index (Phi) is 4.97. The number of carbonyl (C=O) groups is 1. The van der Waals surface area contributed by atoms with Crippen molar-refractivity contribution in [1.29, 1.82) is 0 Å². The van der Waals surface area contributed by atoms with Gasteiger partial charge in [-0.3, -0.25) is 9.78 Å². The average Bonchev–Trinajstić information content (AvgIpc) is 3.21. The van der Waals surface area contributed by atoms with E-state index in [9.17, 15) is 4.79 Å². The summed E-state index contributed by atoms with van der Waals surface area (Å²) in [5, 5.41) is 11.6. The molecule has 10 heteroatoms. The van der Waals surface area contributed by atoms with Gasteiger partial charge in [0.15, 0.2) is 0 Å². The molecule has 138 valence electrons. The Balaban J connectivity index is 1.52. The van der Waals surface area contributed by atoms with Crippen molar-refractivity contribution < 1.29 is 4.79 Å². The zero-order chi connectivity index (χ0) is 18.6. The molecule has 9 nitrogen and oxygen atoms in total. The highest BCUT2D eigenvalue weighted by Crippen LogP contribution is 2.27. The third-order valence-electron chi connectivity index (χ3n) is 4.32. The fourth-order valence-electron chi connectivity index (χ4n) is 3.12. The minimum Gasteiger partial charge on any atom is -0.337 e. The number of hydrogen-bond acceptors (Lipinski definition) is 9. The van der Waals surface area contributed by atoms with E-state index < -0.39 is 0 Å². The number of nitrogens with one attached hydrogen (secondary N) is 1. The lowest BCUT2D eigenvalue weighted by atomic mass is 9.96. The number of aromatic nitrogens is 6. The van der Waals surface area contributed by atoms with Crippen LogP contribution in [0.15, 0.2) is 30.2 Å². The predicted molar refractivity (Wildman–Crippen MR) is 99.9 cm³/mol. The second-order valence-corrected chi connectivity index (χ2v) is 7.14. The van der Waals surface area contributed by atoms with Gasteiger partial charge >= 0.3 is 0 Å². The van der Waals surface area contributed by atoms with Crippen molar-refractivity contribution >= 4 is 28.2 Å². The van der Waals surface area contributed by atoms with Crippen molar-refractivity contribution in [2.45, 2.75) is 25.7 Å². The lowest BCUT2D eigenvalue weighted by molar-refractivity contribution is 0.0698. The molecule has 1 unspecified atom stereocenters. The van der Waals surface area contributed by atoms with E-state index in [0.29, 0.717) is 29.7 Å². The maximum Gasteiger partial charge on any atom is 0.274 e. The summed E-state index contributed by atoms with van der Waals surface area (Å²) in [7, 11) is 0. The zero-order valence-corrected chi connectivity index (χ0v) is 15.6. The molecule has 1 saturated heterocycles. The summed E-state index contributed by atoms with van der Waals surface area (Å²) in [4.78, 5) is 31.8. The Labute approximate surface area is 159 Å². The van der Waals surface area contributed by atoms with Crippen LogP contribution in [0.25, 0.3) is 0 Å². The molecule has 0 aliphatic carbocycles. The normalized spacial score (nSPS) is 16.9. The van der Waals surface area contributed by atoms with Gasteiger partial charge in [-0.2, -0.15) is 0 Å². The molecule has 4 rings (SSSR count). The van der Waals surface area contributed by atoms with Crippen molar-refractivity contribution in [3.63, 3.8) is 0 Å².